The Labute approximate surface area is 109 Å². The van der Waals surface area contributed by atoms with E-state index in [-0.39, 0.29) is 11.4 Å². The van der Waals surface area contributed by atoms with Gasteiger partial charge in [-0.3, -0.25) is 14.9 Å². The number of hydrogen-bond donors (Lipinski definition) is 1. The maximum absolute atomic E-state index is 12.1. The normalized spacial score (nSPS) is 9.95. The average Bonchev–Trinajstić information content (AvgIpc) is 2.46. The lowest BCUT2D eigenvalue weighted by atomic mass is 10.2. The number of para-hydroxylation sites is 2. The molecule has 0 fully saturated rings. The van der Waals surface area contributed by atoms with Crippen LogP contribution >= 0.6 is 0 Å². The molecule has 0 spiro atoms. The van der Waals surface area contributed by atoms with Gasteiger partial charge in [-0.2, -0.15) is 0 Å². The van der Waals surface area contributed by atoms with Crippen LogP contribution in [0.2, 0.25) is 0 Å². The predicted octanol–water partition coefficient (Wildman–Crippen LogP) is 2.12. The summed E-state index contributed by atoms with van der Waals surface area (Å²) < 4.78 is 0. The van der Waals surface area contributed by atoms with Crippen molar-refractivity contribution in [3.63, 3.8) is 0 Å². The third kappa shape index (κ3) is 2.58. The molecule has 0 aromatic heterocycles. The van der Waals surface area contributed by atoms with Gasteiger partial charge < -0.3 is 0 Å². The van der Waals surface area contributed by atoms with Gasteiger partial charge in [0.05, 0.1) is 4.92 Å². The Kier molecular flexibility index (Phi) is 3.53. The molecule has 2 aromatic carbocycles. The summed E-state index contributed by atoms with van der Waals surface area (Å²) in [5.41, 5.74) is 0.207. The minimum Gasteiger partial charge on any atom is -0.267 e. The molecule has 0 saturated heterocycles. The van der Waals surface area contributed by atoms with Crippen molar-refractivity contribution in [2.24, 2.45) is 5.84 Å². The third-order valence-corrected chi connectivity index (χ3v) is 2.58. The highest BCUT2D eigenvalue weighted by Crippen LogP contribution is 2.26. The Bertz CT molecular complexity index is 614. The predicted molar refractivity (Wildman–Crippen MR) is 70.5 cm³/mol. The van der Waals surface area contributed by atoms with Crippen LogP contribution in [0.5, 0.6) is 0 Å². The fraction of sp³-hybridized carbons (Fsp3) is 0. The second kappa shape index (κ2) is 5.28. The van der Waals surface area contributed by atoms with Gasteiger partial charge in [0.15, 0.2) is 0 Å². The first kappa shape index (κ1) is 12.7. The molecule has 1 amide bonds. The van der Waals surface area contributed by atoms with Crippen LogP contribution in [0.25, 0.3) is 0 Å². The van der Waals surface area contributed by atoms with Crippen molar-refractivity contribution in [2.75, 3.05) is 5.01 Å². The fourth-order valence-corrected chi connectivity index (χ4v) is 1.65. The number of rotatable bonds is 3. The summed E-state index contributed by atoms with van der Waals surface area (Å²) in [7, 11) is 0. The third-order valence-electron chi connectivity index (χ3n) is 2.58. The molecular weight excluding hydrogens is 246 g/mol. The molecule has 19 heavy (non-hydrogen) atoms. The number of carbonyl (C=O) groups is 1. The molecule has 0 aliphatic carbocycles. The molecule has 2 N–H and O–H groups in total. The highest BCUT2D eigenvalue weighted by atomic mass is 16.6. The number of nitro benzene ring substituents is 1. The fourth-order valence-electron chi connectivity index (χ4n) is 1.65. The van der Waals surface area contributed by atoms with Gasteiger partial charge in [0.25, 0.3) is 11.6 Å². The van der Waals surface area contributed by atoms with E-state index in [4.69, 9.17) is 5.84 Å². The van der Waals surface area contributed by atoms with Gasteiger partial charge in [0.1, 0.15) is 5.69 Å². The Morgan fingerprint density at radius 3 is 2.26 bits per heavy atom. The number of carbonyl (C=O) groups excluding carboxylic acids is 1. The summed E-state index contributed by atoms with van der Waals surface area (Å²) in [5.74, 6) is 5.18. The first-order chi connectivity index (χ1) is 9.11. The smallest absolute Gasteiger partial charge is 0.267 e. The maximum atomic E-state index is 12.1. The standard InChI is InChI=1S/C13H11N3O3/c14-15(13(17)10-6-2-1-3-7-10)11-8-4-5-9-12(11)16(18)19/h1-9H,14H2. The first-order valence-corrected chi connectivity index (χ1v) is 5.49. The average molecular weight is 257 g/mol. The van der Waals surface area contributed by atoms with Crippen LogP contribution in [0.3, 0.4) is 0 Å². The number of nitrogens with two attached hydrogens (primary N) is 1. The molecule has 2 aromatic rings. The molecule has 0 aliphatic heterocycles. The van der Waals surface area contributed by atoms with E-state index in [2.05, 4.69) is 0 Å². The summed E-state index contributed by atoms with van der Waals surface area (Å²) in [5, 5.41) is 11.7. The van der Waals surface area contributed by atoms with Gasteiger partial charge in [-0.05, 0) is 18.2 Å². The first-order valence-electron chi connectivity index (χ1n) is 5.49. The molecule has 0 unspecified atom stereocenters. The molecule has 0 heterocycles. The van der Waals surface area contributed by atoms with Crippen LogP contribution in [0.4, 0.5) is 11.4 Å². The molecule has 96 valence electrons. The lowest BCUT2D eigenvalue weighted by molar-refractivity contribution is -0.384. The highest BCUT2D eigenvalue weighted by molar-refractivity contribution is 6.06. The number of hydrazine groups is 1. The largest absolute Gasteiger partial charge is 0.294 e. The van der Waals surface area contributed by atoms with E-state index in [1.165, 1.54) is 18.2 Å². The zero-order valence-electron chi connectivity index (χ0n) is 9.89. The van der Waals surface area contributed by atoms with Crippen molar-refractivity contribution in [3.05, 3.63) is 70.3 Å². The van der Waals surface area contributed by atoms with Crippen molar-refractivity contribution in [1.82, 2.24) is 0 Å². The SMILES string of the molecule is NN(C(=O)c1ccccc1)c1ccccc1[N+](=O)[O-]. The molecule has 6 heteroatoms. The van der Waals surface area contributed by atoms with Crippen LogP contribution < -0.4 is 10.9 Å². The Morgan fingerprint density at radius 1 is 1.05 bits per heavy atom. The van der Waals surface area contributed by atoms with Gasteiger partial charge >= 0.3 is 0 Å². The van der Waals surface area contributed by atoms with Gasteiger partial charge in [-0.15, -0.1) is 0 Å². The summed E-state index contributed by atoms with van der Waals surface area (Å²) in [4.78, 5) is 22.4. The van der Waals surface area contributed by atoms with Crippen LogP contribution in [-0.4, -0.2) is 10.8 Å². The number of hydrogen-bond acceptors (Lipinski definition) is 4. The molecule has 0 atom stereocenters. The molecule has 6 nitrogen and oxygen atoms in total. The monoisotopic (exact) mass is 257 g/mol. The van der Waals surface area contributed by atoms with Gasteiger partial charge in [-0.25, -0.2) is 10.9 Å². The molecule has 0 radical (unpaired) electrons. The summed E-state index contributed by atoms with van der Waals surface area (Å²) in [6.45, 7) is 0. The van der Waals surface area contributed by atoms with E-state index in [0.29, 0.717) is 5.56 Å². The van der Waals surface area contributed by atoms with Crippen molar-refractivity contribution in [2.45, 2.75) is 0 Å². The van der Waals surface area contributed by atoms with E-state index in [1.54, 1.807) is 36.4 Å². The topological polar surface area (TPSA) is 89.5 Å². The molecule has 0 saturated carbocycles. The van der Waals surface area contributed by atoms with Crippen LogP contribution in [-0.2, 0) is 0 Å². The molecular formula is C13H11N3O3. The zero-order valence-corrected chi connectivity index (χ0v) is 9.89. The minimum atomic E-state index is -0.576. The quantitative estimate of drug-likeness (QED) is 0.394. The Hall–Kier alpha value is -2.73. The molecule has 2 rings (SSSR count). The van der Waals surface area contributed by atoms with Crippen LogP contribution in [0.1, 0.15) is 10.4 Å². The maximum Gasteiger partial charge on any atom is 0.294 e. The van der Waals surface area contributed by atoms with Crippen LogP contribution in [0, 0.1) is 10.1 Å². The van der Waals surface area contributed by atoms with Crippen molar-refractivity contribution in [3.8, 4) is 0 Å². The number of benzene rings is 2. The lowest BCUT2D eigenvalue weighted by Gasteiger charge is -2.16. The number of nitro groups is 1. The van der Waals surface area contributed by atoms with Crippen molar-refractivity contribution >= 4 is 17.3 Å². The minimum absolute atomic E-state index is 0.0568. The van der Waals surface area contributed by atoms with Crippen LogP contribution in [0.15, 0.2) is 54.6 Å². The zero-order chi connectivity index (χ0) is 13.8. The second-order valence-corrected chi connectivity index (χ2v) is 3.79. The number of nitrogens with zero attached hydrogens (tertiary/aromatic N) is 2. The second-order valence-electron chi connectivity index (χ2n) is 3.79. The van der Waals surface area contributed by atoms with Crippen molar-refractivity contribution in [1.29, 1.82) is 0 Å². The Balaban J connectivity index is 2.38. The summed E-state index contributed by atoms with van der Waals surface area (Å²) in [6, 6.07) is 14.2. The Morgan fingerprint density at radius 2 is 1.63 bits per heavy atom. The van der Waals surface area contributed by atoms with Crippen molar-refractivity contribution < 1.29 is 9.72 Å². The van der Waals surface area contributed by atoms with E-state index < -0.39 is 10.8 Å². The lowest BCUT2D eigenvalue weighted by Crippen LogP contribution is -2.37. The van der Waals surface area contributed by atoms with E-state index in [1.807, 2.05) is 0 Å². The number of amides is 1. The van der Waals surface area contributed by atoms with Gasteiger partial charge in [0.2, 0.25) is 0 Å². The van der Waals surface area contributed by atoms with E-state index in [0.717, 1.165) is 5.01 Å². The molecule has 0 aliphatic rings. The molecule has 0 bridgehead atoms. The van der Waals surface area contributed by atoms with Gasteiger partial charge in [0, 0.05) is 11.6 Å². The number of anilines is 1. The van der Waals surface area contributed by atoms with E-state index >= 15 is 0 Å². The van der Waals surface area contributed by atoms with E-state index in [9.17, 15) is 14.9 Å². The van der Waals surface area contributed by atoms with Gasteiger partial charge in [-0.1, -0.05) is 30.3 Å². The summed E-state index contributed by atoms with van der Waals surface area (Å²) >= 11 is 0. The highest BCUT2D eigenvalue weighted by Gasteiger charge is 2.22. The summed E-state index contributed by atoms with van der Waals surface area (Å²) in [6.07, 6.45) is 0.